The summed E-state index contributed by atoms with van der Waals surface area (Å²) >= 11 is 12.8. The third-order valence-electron chi connectivity index (χ3n) is 4.91. The first-order chi connectivity index (χ1) is 13.8. The monoisotopic (exact) mass is 435 g/mol. The number of hydrogen-bond donors (Lipinski definition) is 1. The molecule has 1 aromatic heterocycles. The SMILES string of the molecule is CCCOC(=O)C1=C(C)Nc2c(c(C(=O)CC)nn2C)C1c1cccc(Cl)c1Cl. The van der Waals surface area contributed by atoms with Crippen LogP contribution in [-0.4, -0.2) is 28.1 Å². The Bertz CT molecular complexity index is 1010. The largest absolute Gasteiger partial charge is 0.462 e. The lowest BCUT2D eigenvalue weighted by Crippen LogP contribution is -2.26. The number of allylic oxidation sites excluding steroid dienone is 1. The minimum Gasteiger partial charge on any atom is -0.462 e. The Balaban J connectivity index is 2.30. The van der Waals surface area contributed by atoms with Gasteiger partial charge >= 0.3 is 5.97 Å². The van der Waals surface area contributed by atoms with E-state index in [0.717, 1.165) is 0 Å². The number of rotatable bonds is 6. The fourth-order valence-corrected chi connectivity index (χ4v) is 3.96. The van der Waals surface area contributed by atoms with Gasteiger partial charge in [0.2, 0.25) is 0 Å². The van der Waals surface area contributed by atoms with Crippen molar-refractivity contribution in [2.45, 2.75) is 39.5 Å². The van der Waals surface area contributed by atoms with E-state index in [0.29, 0.717) is 57.0 Å². The van der Waals surface area contributed by atoms with Gasteiger partial charge in [-0.15, -0.1) is 0 Å². The molecule has 154 valence electrons. The van der Waals surface area contributed by atoms with Crippen LogP contribution in [-0.2, 0) is 16.6 Å². The highest BCUT2D eigenvalue weighted by molar-refractivity contribution is 6.42. The molecule has 1 N–H and O–H groups in total. The Kier molecular flexibility index (Phi) is 6.34. The molecule has 1 atom stereocenters. The van der Waals surface area contributed by atoms with Crippen LogP contribution in [0.1, 0.15) is 61.1 Å². The van der Waals surface area contributed by atoms with E-state index in [9.17, 15) is 9.59 Å². The number of Topliss-reactive ketones (excluding diaryl/α,β-unsaturated/α-hetero) is 1. The van der Waals surface area contributed by atoms with Gasteiger partial charge in [0.05, 0.1) is 28.1 Å². The quantitative estimate of drug-likeness (QED) is 0.504. The summed E-state index contributed by atoms with van der Waals surface area (Å²) < 4.78 is 7.06. The molecular formula is C21H23Cl2N3O3. The summed E-state index contributed by atoms with van der Waals surface area (Å²) in [6.07, 6.45) is 0.990. The molecule has 0 spiro atoms. The number of ether oxygens (including phenoxy) is 1. The summed E-state index contributed by atoms with van der Waals surface area (Å²) in [6.45, 7) is 5.80. The first-order valence-corrected chi connectivity index (χ1v) is 10.3. The summed E-state index contributed by atoms with van der Waals surface area (Å²) in [5.74, 6) is -0.552. The molecule has 0 fully saturated rings. The van der Waals surface area contributed by atoms with Gasteiger partial charge in [0.25, 0.3) is 0 Å². The molecule has 2 heterocycles. The van der Waals surface area contributed by atoms with E-state index in [4.69, 9.17) is 27.9 Å². The topological polar surface area (TPSA) is 73.2 Å². The van der Waals surface area contributed by atoms with E-state index >= 15 is 0 Å². The molecule has 0 radical (unpaired) electrons. The number of esters is 1. The van der Waals surface area contributed by atoms with E-state index in [1.807, 2.05) is 13.0 Å². The summed E-state index contributed by atoms with van der Waals surface area (Å²) in [7, 11) is 1.75. The first kappa shape index (κ1) is 21.4. The minimum atomic E-state index is -0.624. The molecule has 0 aliphatic carbocycles. The molecule has 0 bridgehead atoms. The lowest BCUT2D eigenvalue weighted by Gasteiger charge is -2.29. The second-order valence-corrected chi connectivity index (χ2v) is 7.67. The van der Waals surface area contributed by atoms with Gasteiger partial charge in [-0.05, 0) is 25.0 Å². The molecule has 0 saturated heterocycles. The van der Waals surface area contributed by atoms with Crippen LogP contribution in [0, 0.1) is 0 Å². The molecule has 8 heteroatoms. The second kappa shape index (κ2) is 8.59. The summed E-state index contributed by atoms with van der Waals surface area (Å²) in [4.78, 5) is 25.7. The van der Waals surface area contributed by atoms with E-state index < -0.39 is 11.9 Å². The number of benzene rings is 1. The number of anilines is 1. The van der Waals surface area contributed by atoms with Crippen molar-refractivity contribution in [1.29, 1.82) is 0 Å². The number of hydrogen-bond acceptors (Lipinski definition) is 5. The summed E-state index contributed by atoms with van der Waals surface area (Å²) in [5, 5.41) is 8.35. The number of nitrogens with one attached hydrogen (secondary N) is 1. The highest BCUT2D eigenvalue weighted by Crippen LogP contribution is 2.47. The fraction of sp³-hybridized carbons (Fsp3) is 0.381. The third kappa shape index (κ3) is 3.79. The lowest BCUT2D eigenvalue weighted by atomic mass is 9.80. The molecule has 1 unspecified atom stereocenters. The van der Waals surface area contributed by atoms with Gasteiger partial charge in [-0.1, -0.05) is 49.2 Å². The van der Waals surface area contributed by atoms with Gasteiger partial charge in [0.15, 0.2) is 5.78 Å². The highest BCUT2D eigenvalue weighted by Gasteiger charge is 2.39. The number of halogens is 2. The predicted octanol–water partition coefficient (Wildman–Crippen LogP) is 5.10. The van der Waals surface area contributed by atoms with Crippen molar-refractivity contribution >= 4 is 40.8 Å². The standard InChI is InChI=1S/C21H23Cl2N3O3/c1-5-10-29-21(28)15-11(3)24-20-17(19(14(27)6-2)25-26(20)4)16(15)12-8-7-9-13(22)18(12)23/h7-9,16,24H,5-6,10H2,1-4H3. The summed E-state index contributed by atoms with van der Waals surface area (Å²) in [5.41, 5.74) is 2.57. The maximum atomic E-state index is 13.0. The van der Waals surface area contributed by atoms with Crippen LogP contribution in [0.5, 0.6) is 0 Å². The third-order valence-corrected chi connectivity index (χ3v) is 5.74. The smallest absolute Gasteiger partial charge is 0.336 e. The van der Waals surface area contributed by atoms with Gasteiger partial charge in [-0.25, -0.2) is 4.79 Å². The van der Waals surface area contributed by atoms with Crippen LogP contribution in [0.2, 0.25) is 10.0 Å². The van der Waals surface area contributed by atoms with Gasteiger partial charge in [0, 0.05) is 24.7 Å². The van der Waals surface area contributed by atoms with Crippen molar-refractivity contribution in [3.8, 4) is 0 Å². The number of nitrogens with zero attached hydrogens (tertiary/aromatic N) is 2. The molecule has 29 heavy (non-hydrogen) atoms. The van der Waals surface area contributed by atoms with E-state index in [2.05, 4.69) is 10.4 Å². The Morgan fingerprint density at radius 2 is 2.00 bits per heavy atom. The van der Waals surface area contributed by atoms with Crippen molar-refractivity contribution in [2.75, 3.05) is 11.9 Å². The van der Waals surface area contributed by atoms with Gasteiger partial charge in [-0.3, -0.25) is 9.48 Å². The van der Waals surface area contributed by atoms with Gasteiger partial charge < -0.3 is 10.1 Å². The zero-order valence-corrected chi connectivity index (χ0v) is 18.3. The Morgan fingerprint density at radius 3 is 2.66 bits per heavy atom. The number of aromatic nitrogens is 2. The van der Waals surface area contributed by atoms with Crippen molar-refractivity contribution in [1.82, 2.24) is 9.78 Å². The zero-order valence-electron chi connectivity index (χ0n) is 16.8. The number of fused-ring (bicyclic) bond motifs is 1. The number of aryl methyl sites for hydroxylation is 1. The maximum absolute atomic E-state index is 13.0. The molecule has 6 nitrogen and oxygen atoms in total. The maximum Gasteiger partial charge on any atom is 0.336 e. The van der Waals surface area contributed by atoms with Crippen LogP contribution in [0.15, 0.2) is 29.5 Å². The highest BCUT2D eigenvalue weighted by atomic mass is 35.5. The molecule has 2 aromatic rings. The van der Waals surface area contributed by atoms with Crippen LogP contribution < -0.4 is 5.32 Å². The average Bonchev–Trinajstić information content (AvgIpc) is 3.03. The minimum absolute atomic E-state index is 0.118. The number of ketones is 1. The van der Waals surface area contributed by atoms with Crippen molar-refractivity contribution in [2.24, 2.45) is 7.05 Å². The molecule has 0 saturated carbocycles. The first-order valence-electron chi connectivity index (χ1n) is 9.50. The average molecular weight is 436 g/mol. The lowest BCUT2D eigenvalue weighted by molar-refractivity contribution is -0.139. The van der Waals surface area contributed by atoms with Crippen LogP contribution in [0.3, 0.4) is 0 Å². The van der Waals surface area contributed by atoms with E-state index in [1.165, 1.54) is 0 Å². The van der Waals surface area contributed by atoms with Gasteiger partial charge in [0.1, 0.15) is 11.5 Å². The van der Waals surface area contributed by atoms with Crippen molar-refractivity contribution < 1.29 is 14.3 Å². The molecule has 1 aliphatic rings. The summed E-state index contributed by atoms with van der Waals surface area (Å²) in [6, 6.07) is 5.26. The van der Waals surface area contributed by atoms with E-state index in [-0.39, 0.29) is 12.2 Å². The predicted molar refractivity (Wildman–Crippen MR) is 114 cm³/mol. The van der Waals surface area contributed by atoms with E-state index in [1.54, 1.807) is 37.7 Å². The molecular weight excluding hydrogens is 413 g/mol. The Hall–Kier alpha value is -2.31. The molecule has 1 aromatic carbocycles. The Labute approximate surface area is 179 Å². The molecule has 3 rings (SSSR count). The van der Waals surface area contributed by atoms with Crippen LogP contribution in [0.25, 0.3) is 0 Å². The van der Waals surface area contributed by atoms with Crippen LogP contribution in [0.4, 0.5) is 5.82 Å². The number of carbonyl (C=O) groups excluding carboxylic acids is 2. The zero-order chi connectivity index (χ0) is 21.3. The number of carbonyl (C=O) groups is 2. The van der Waals surface area contributed by atoms with Crippen LogP contribution >= 0.6 is 23.2 Å². The Morgan fingerprint density at radius 1 is 1.28 bits per heavy atom. The van der Waals surface area contributed by atoms with Gasteiger partial charge in [-0.2, -0.15) is 5.10 Å². The fourth-order valence-electron chi connectivity index (χ4n) is 3.54. The van der Waals surface area contributed by atoms with Crippen molar-refractivity contribution in [3.63, 3.8) is 0 Å². The molecule has 1 aliphatic heterocycles. The normalized spacial score (nSPS) is 15.7. The molecule has 0 amide bonds. The second-order valence-electron chi connectivity index (χ2n) is 6.89. The van der Waals surface area contributed by atoms with Crippen molar-refractivity contribution in [3.05, 3.63) is 56.3 Å².